The van der Waals surface area contributed by atoms with Crippen molar-refractivity contribution in [1.82, 2.24) is 16.0 Å². The second kappa shape index (κ2) is 10.5. The Morgan fingerprint density at radius 3 is 2.44 bits per heavy atom. The lowest BCUT2D eigenvalue weighted by atomic mass is 9.94. The van der Waals surface area contributed by atoms with Crippen molar-refractivity contribution in [2.75, 3.05) is 6.54 Å². The zero-order valence-corrected chi connectivity index (χ0v) is 16.2. The van der Waals surface area contributed by atoms with Gasteiger partial charge >= 0.3 is 6.03 Å². The number of nitrogens with one attached hydrogen (secondary N) is 3. The molecule has 1 aromatic heterocycles. The van der Waals surface area contributed by atoms with Gasteiger partial charge in [0.2, 0.25) is 5.91 Å². The maximum absolute atomic E-state index is 12.1. The first-order valence-electron chi connectivity index (χ1n) is 9.42. The molecule has 0 fully saturated rings. The second-order valence-electron chi connectivity index (χ2n) is 6.90. The van der Waals surface area contributed by atoms with Crippen LogP contribution >= 0.6 is 0 Å². The van der Waals surface area contributed by atoms with Gasteiger partial charge in [0.25, 0.3) is 0 Å². The van der Waals surface area contributed by atoms with Gasteiger partial charge < -0.3 is 15.1 Å². The fourth-order valence-corrected chi connectivity index (χ4v) is 2.92. The van der Waals surface area contributed by atoms with Crippen molar-refractivity contribution in [3.63, 3.8) is 0 Å². The van der Waals surface area contributed by atoms with Crippen molar-refractivity contribution < 1.29 is 14.0 Å². The van der Waals surface area contributed by atoms with Crippen LogP contribution in [0, 0.1) is 5.92 Å². The fourth-order valence-electron chi connectivity index (χ4n) is 2.92. The molecule has 27 heavy (non-hydrogen) atoms. The minimum absolute atomic E-state index is 0.0395. The number of rotatable bonds is 9. The van der Waals surface area contributed by atoms with Gasteiger partial charge in [-0.05, 0) is 35.6 Å². The lowest BCUT2D eigenvalue weighted by molar-refractivity contribution is -0.119. The van der Waals surface area contributed by atoms with Crippen LogP contribution in [0.5, 0.6) is 0 Å². The monoisotopic (exact) mass is 371 g/mol. The molecular formula is C21H29N3O3. The highest BCUT2D eigenvalue weighted by Crippen LogP contribution is 2.22. The molecule has 146 valence electrons. The molecule has 0 aliphatic rings. The molecule has 6 nitrogen and oxygen atoms in total. The lowest BCUT2D eigenvalue weighted by Gasteiger charge is -2.23. The predicted octanol–water partition coefficient (Wildman–Crippen LogP) is 3.54. The Morgan fingerprint density at radius 2 is 1.85 bits per heavy atom. The van der Waals surface area contributed by atoms with Crippen LogP contribution in [0.3, 0.4) is 0 Å². The molecule has 0 spiro atoms. The molecule has 0 saturated carbocycles. The van der Waals surface area contributed by atoms with E-state index in [1.165, 1.54) is 11.8 Å². The topological polar surface area (TPSA) is 83.4 Å². The third kappa shape index (κ3) is 6.90. The number of hydrogen-bond donors (Lipinski definition) is 3. The summed E-state index contributed by atoms with van der Waals surface area (Å²) in [5, 5.41) is 8.16. The van der Waals surface area contributed by atoms with E-state index in [-0.39, 0.29) is 25.0 Å². The molecular weight excluding hydrogens is 342 g/mol. The second-order valence-corrected chi connectivity index (χ2v) is 6.90. The summed E-state index contributed by atoms with van der Waals surface area (Å²) < 4.78 is 5.13. The van der Waals surface area contributed by atoms with Crippen LogP contribution in [-0.2, 0) is 17.8 Å². The van der Waals surface area contributed by atoms with E-state index in [4.69, 9.17) is 4.42 Å². The molecule has 1 atom stereocenters. The molecule has 2 rings (SSSR count). The third-order valence-electron chi connectivity index (χ3n) is 4.28. The molecule has 0 bridgehead atoms. The van der Waals surface area contributed by atoms with E-state index < -0.39 is 6.03 Å². The zero-order valence-electron chi connectivity index (χ0n) is 16.2. The van der Waals surface area contributed by atoms with Gasteiger partial charge in [0.15, 0.2) is 0 Å². The summed E-state index contributed by atoms with van der Waals surface area (Å²) in [6.07, 6.45) is 3.72. The van der Waals surface area contributed by atoms with Crippen LogP contribution in [0.25, 0.3) is 0 Å². The maximum atomic E-state index is 12.1. The van der Waals surface area contributed by atoms with E-state index in [9.17, 15) is 9.59 Å². The van der Waals surface area contributed by atoms with Gasteiger partial charge in [-0.25, -0.2) is 4.79 Å². The Morgan fingerprint density at radius 1 is 1.11 bits per heavy atom. The van der Waals surface area contributed by atoms with Gasteiger partial charge in [0.05, 0.1) is 19.4 Å². The largest absolute Gasteiger partial charge is 0.467 e. The number of furan rings is 1. The van der Waals surface area contributed by atoms with Crippen molar-refractivity contribution in [1.29, 1.82) is 0 Å². The lowest BCUT2D eigenvalue weighted by Crippen LogP contribution is -2.44. The van der Waals surface area contributed by atoms with Crippen LogP contribution < -0.4 is 16.0 Å². The quantitative estimate of drug-likeness (QED) is 0.629. The predicted molar refractivity (Wildman–Crippen MR) is 105 cm³/mol. The first-order chi connectivity index (χ1) is 13.0. The normalized spacial score (nSPS) is 12.0. The van der Waals surface area contributed by atoms with E-state index in [2.05, 4.69) is 61.0 Å². The van der Waals surface area contributed by atoms with Crippen molar-refractivity contribution in [3.05, 3.63) is 59.5 Å². The summed E-state index contributed by atoms with van der Waals surface area (Å²) in [7, 11) is 0. The number of aryl methyl sites for hydroxylation is 1. The summed E-state index contributed by atoms with van der Waals surface area (Å²) in [5.74, 6) is 0.560. The summed E-state index contributed by atoms with van der Waals surface area (Å²) in [4.78, 5) is 23.8. The van der Waals surface area contributed by atoms with Crippen LogP contribution in [0.15, 0.2) is 47.1 Å². The Bertz CT molecular complexity index is 709. The average molecular weight is 371 g/mol. The van der Waals surface area contributed by atoms with Crippen molar-refractivity contribution in [2.24, 2.45) is 5.92 Å². The highest BCUT2D eigenvalue weighted by atomic mass is 16.3. The van der Waals surface area contributed by atoms with Crippen LogP contribution in [0.1, 0.15) is 50.1 Å². The third-order valence-corrected chi connectivity index (χ3v) is 4.28. The number of carbonyl (C=O) groups excluding carboxylic acids is 2. The van der Waals surface area contributed by atoms with Gasteiger partial charge in [0, 0.05) is 6.04 Å². The van der Waals surface area contributed by atoms with Crippen molar-refractivity contribution in [3.8, 4) is 0 Å². The Balaban J connectivity index is 1.81. The smallest absolute Gasteiger partial charge is 0.321 e. The number of hydrogen-bond acceptors (Lipinski definition) is 4. The average Bonchev–Trinajstić information content (AvgIpc) is 3.15. The molecule has 1 aromatic carbocycles. The molecule has 3 amide bonds. The van der Waals surface area contributed by atoms with Gasteiger partial charge in [-0.15, -0.1) is 0 Å². The standard InChI is InChI=1S/C21H29N3O3/c1-4-6-16-8-10-17(11-9-16)20(15(2)3)22-14-19(25)24-21(26)23-13-18-7-5-12-27-18/h5,7-12,15,20,22H,4,6,13-14H2,1-3H3,(H2,23,24,25,26)/t20-/m1/s1. The van der Waals surface area contributed by atoms with Crippen molar-refractivity contribution >= 4 is 11.9 Å². The van der Waals surface area contributed by atoms with E-state index in [1.807, 2.05) is 0 Å². The molecule has 0 unspecified atom stereocenters. The fraction of sp³-hybridized carbons (Fsp3) is 0.429. The van der Waals surface area contributed by atoms with Crippen LogP contribution in [-0.4, -0.2) is 18.5 Å². The molecule has 6 heteroatoms. The summed E-state index contributed by atoms with van der Waals surface area (Å²) in [6, 6.07) is 11.5. The minimum atomic E-state index is -0.539. The van der Waals surface area contributed by atoms with Gasteiger partial charge in [0.1, 0.15) is 5.76 Å². The first kappa shape index (κ1) is 20.7. The molecule has 2 aromatic rings. The molecule has 0 aliphatic heterocycles. The van der Waals surface area contributed by atoms with E-state index >= 15 is 0 Å². The van der Waals surface area contributed by atoms with Gasteiger partial charge in [-0.3, -0.25) is 10.1 Å². The molecule has 0 aliphatic carbocycles. The first-order valence-corrected chi connectivity index (χ1v) is 9.42. The highest BCUT2D eigenvalue weighted by Gasteiger charge is 2.17. The molecule has 1 heterocycles. The molecule has 0 radical (unpaired) electrons. The van der Waals surface area contributed by atoms with Crippen LogP contribution in [0.2, 0.25) is 0 Å². The Hall–Kier alpha value is -2.60. The zero-order chi connectivity index (χ0) is 19.6. The number of amides is 3. The summed E-state index contributed by atoms with van der Waals surface area (Å²) in [5.41, 5.74) is 2.45. The Kier molecular flexibility index (Phi) is 8.07. The van der Waals surface area contributed by atoms with Gasteiger partial charge in [-0.1, -0.05) is 51.5 Å². The number of carbonyl (C=O) groups is 2. The summed E-state index contributed by atoms with van der Waals surface area (Å²) in [6.45, 7) is 6.67. The molecule has 0 saturated heterocycles. The number of imide groups is 1. The number of benzene rings is 1. The van der Waals surface area contributed by atoms with E-state index in [1.54, 1.807) is 12.1 Å². The highest BCUT2D eigenvalue weighted by molar-refractivity contribution is 5.95. The number of urea groups is 1. The summed E-state index contributed by atoms with van der Waals surface area (Å²) >= 11 is 0. The van der Waals surface area contributed by atoms with Crippen molar-refractivity contribution in [2.45, 2.75) is 46.2 Å². The van der Waals surface area contributed by atoms with E-state index in [0.717, 1.165) is 18.4 Å². The van der Waals surface area contributed by atoms with Crippen LogP contribution in [0.4, 0.5) is 4.79 Å². The molecule has 3 N–H and O–H groups in total. The van der Waals surface area contributed by atoms with Gasteiger partial charge in [-0.2, -0.15) is 0 Å². The van der Waals surface area contributed by atoms with E-state index in [0.29, 0.717) is 11.7 Å². The SMILES string of the molecule is CCCc1ccc([C@H](NCC(=O)NC(=O)NCc2ccco2)C(C)C)cc1. The minimum Gasteiger partial charge on any atom is -0.467 e. The Labute approximate surface area is 160 Å². The maximum Gasteiger partial charge on any atom is 0.321 e.